The zero-order valence-electron chi connectivity index (χ0n) is 11.8. The Kier molecular flexibility index (Phi) is 5.24. The van der Waals surface area contributed by atoms with Gasteiger partial charge in [-0.15, -0.1) is 12.4 Å². The minimum Gasteiger partial charge on any atom is -0.478 e. The minimum atomic E-state index is -1.06. The third kappa shape index (κ3) is 3.06. The van der Waals surface area contributed by atoms with Crippen molar-refractivity contribution in [3.63, 3.8) is 0 Å². The molecule has 1 aromatic carbocycles. The number of hydrogen-bond donors (Lipinski definition) is 3. The number of halogens is 4. The molecule has 3 rings (SSSR count). The normalized spacial score (nSPS) is 15.7. The molecule has 0 spiro atoms. The van der Waals surface area contributed by atoms with E-state index in [1.54, 1.807) is 6.20 Å². The maximum atomic E-state index is 11.8. The molecule has 0 radical (unpaired) electrons. The van der Waals surface area contributed by atoms with E-state index in [0.29, 0.717) is 31.9 Å². The highest BCUT2D eigenvalue weighted by atomic mass is 35.5. The number of nitrogens with two attached hydrogens (primary N) is 1. The molecular weight excluding hydrogens is 382 g/mol. The summed E-state index contributed by atoms with van der Waals surface area (Å²) in [7, 11) is 0. The summed E-state index contributed by atoms with van der Waals surface area (Å²) >= 11 is 18.3. The summed E-state index contributed by atoms with van der Waals surface area (Å²) in [5.41, 5.74) is 7.14. The first-order chi connectivity index (χ1) is 10.3. The van der Waals surface area contributed by atoms with Gasteiger partial charge < -0.3 is 15.8 Å². The van der Waals surface area contributed by atoms with Crippen LogP contribution < -0.4 is 5.73 Å². The number of carboxylic acids is 1. The number of aromatic amines is 1. The smallest absolute Gasteiger partial charge is 0.338 e. The van der Waals surface area contributed by atoms with Crippen molar-refractivity contribution < 1.29 is 9.90 Å². The molecule has 1 saturated carbocycles. The summed E-state index contributed by atoms with van der Waals surface area (Å²) in [4.78, 5) is 14.8. The highest BCUT2D eigenvalue weighted by Crippen LogP contribution is 2.45. The van der Waals surface area contributed by atoms with Crippen LogP contribution in [-0.4, -0.2) is 16.1 Å². The molecule has 23 heavy (non-hydrogen) atoms. The van der Waals surface area contributed by atoms with Crippen molar-refractivity contribution in [2.45, 2.75) is 24.8 Å². The second kappa shape index (κ2) is 6.54. The van der Waals surface area contributed by atoms with Crippen LogP contribution in [0, 0.1) is 0 Å². The van der Waals surface area contributed by atoms with Crippen LogP contribution >= 0.6 is 47.2 Å². The highest BCUT2D eigenvalue weighted by Gasteiger charge is 2.40. The Bertz CT molecular complexity index is 746. The predicted octanol–water partition coefficient (Wildman–Crippen LogP) is 5.10. The van der Waals surface area contributed by atoms with E-state index < -0.39 is 11.5 Å². The van der Waals surface area contributed by atoms with Crippen molar-refractivity contribution in [2.75, 3.05) is 0 Å². The molecule has 1 aromatic heterocycles. The summed E-state index contributed by atoms with van der Waals surface area (Å²) in [5, 5.41) is 10.6. The standard InChI is InChI=1S/C15H13Cl3N2O2.ClH/c16-7-4-9(17)11(10(18)5-7)8-6-20-13(12(8)14(21)22)15(19)2-1-3-15;/h4-6,20H,1-3,19H2,(H,21,22);1H. The SMILES string of the molecule is Cl.NC1(c2[nH]cc(-c3c(Cl)cc(Cl)cc3Cl)c2C(=O)O)CCC1. The molecule has 0 bridgehead atoms. The molecule has 0 atom stereocenters. The summed E-state index contributed by atoms with van der Waals surface area (Å²) in [6, 6.07) is 3.06. The first-order valence-corrected chi connectivity index (χ1v) is 7.86. The monoisotopic (exact) mass is 394 g/mol. The zero-order chi connectivity index (χ0) is 16.1. The first kappa shape index (κ1) is 18.4. The number of H-pyrrole nitrogens is 1. The largest absolute Gasteiger partial charge is 0.478 e. The summed E-state index contributed by atoms with van der Waals surface area (Å²) in [6.07, 6.45) is 4.06. The van der Waals surface area contributed by atoms with Crippen molar-refractivity contribution >= 4 is 53.2 Å². The number of benzene rings is 1. The Morgan fingerprint density at radius 3 is 2.22 bits per heavy atom. The summed E-state index contributed by atoms with van der Waals surface area (Å²) < 4.78 is 0. The van der Waals surface area contributed by atoms with Gasteiger partial charge in [0.2, 0.25) is 0 Å². The van der Waals surface area contributed by atoms with E-state index in [1.165, 1.54) is 12.1 Å². The Balaban J connectivity index is 0.00000192. The van der Waals surface area contributed by atoms with Crippen molar-refractivity contribution in [3.8, 4) is 11.1 Å². The second-order valence-corrected chi connectivity index (χ2v) is 6.76. The molecule has 1 heterocycles. The van der Waals surface area contributed by atoms with Gasteiger partial charge in [-0.05, 0) is 31.4 Å². The van der Waals surface area contributed by atoms with E-state index in [4.69, 9.17) is 40.5 Å². The number of aromatic carboxylic acids is 1. The molecule has 0 saturated heterocycles. The lowest BCUT2D eigenvalue weighted by atomic mass is 9.74. The van der Waals surface area contributed by atoms with Gasteiger partial charge in [0.05, 0.1) is 26.8 Å². The molecule has 124 valence electrons. The number of carbonyl (C=O) groups is 1. The summed E-state index contributed by atoms with van der Waals surface area (Å²) in [6.45, 7) is 0. The third-order valence-corrected chi connectivity index (χ3v) is 4.93. The van der Waals surface area contributed by atoms with Gasteiger partial charge in [-0.1, -0.05) is 34.8 Å². The first-order valence-electron chi connectivity index (χ1n) is 6.72. The fourth-order valence-corrected chi connectivity index (χ4v) is 3.86. The van der Waals surface area contributed by atoms with E-state index in [9.17, 15) is 9.90 Å². The van der Waals surface area contributed by atoms with E-state index in [-0.39, 0.29) is 18.0 Å². The predicted molar refractivity (Wildman–Crippen MR) is 95.2 cm³/mol. The average molecular weight is 396 g/mol. The second-order valence-electron chi connectivity index (χ2n) is 5.51. The van der Waals surface area contributed by atoms with E-state index in [2.05, 4.69) is 4.98 Å². The van der Waals surface area contributed by atoms with Crippen LogP contribution in [0.3, 0.4) is 0 Å². The maximum absolute atomic E-state index is 11.8. The number of aromatic nitrogens is 1. The molecule has 2 aromatic rings. The van der Waals surface area contributed by atoms with Crippen LogP contribution in [0.2, 0.25) is 15.1 Å². The van der Waals surface area contributed by atoms with Crippen LogP contribution in [0.25, 0.3) is 11.1 Å². The van der Waals surface area contributed by atoms with Gasteiger partial charge in [-0.3, -0.25) is 0 Å². The van der Waals surface area contributed by atoms with Gasteiger partial charge >= 0.3 is 5.97 Å². The molecule has 4 N–H and O–H groups in total. The van der Waals surface area contributed by atoms with Gasteiger partial charge in [-0.2, -0.15) is 0 Å². The molecule has 4 nitrogen and oxygen atoms in total. The van der Waals surface area contributed by atoms with Crippen molar-refractivity contribution in [2.24, 2.45) is 5.73 Å². The number of carboxylic acid groups (broad SMARTS) is 1. The third-order valence-electron chi connectivity index (χ3n) is 4.11. The number of nitrogens with one attached hydrogen (secondary N) is 1. The number of rotatable bonds is 3. The van der Waals surface area contributed by atoms with E-state index in [1.807, 2.05) is 0 Å². The lowest BCUT2D eigenvalue weighted by Gasteiger charge is -2.37. The van der Waals surface area contributed by atoms with E-state index in [0.717, 1.165) is 19.3 Å². The Morgan fingerprint density at radius 1 is 1.22 bits per heavy atom. The van der Waals surface area contributed by atoms with Crippen molar-refractivity contribution in [3.05, 3.63) is 44.7 Å². The van der Waals surface area contributed by atoms with Gasteiger partial charge in [-0.25, -0.2) is 4.79 Å². The lowest BCUT2D eigenvalue weighted by molar-refractivity contribution is 0.0692. The number of hydrogen-bond acceptors (Lipinski definition) is 2. The zero-order valence-corrected chi connectivity index (χ0v) is 14.9. The van der Waals surface area contributed by atoms with Crippen LogP contribution in [-0.2, 0) is 5.54 Å². The highest BCUT2D eigenvalue weighted by molar-refractivity contribution is 6.42. The van der Waals surface area contributed by atoms with Crippen molar-refractivity contribution in [1.29, 1.82) is 0 Å². The molecule has 0 aliphatic heterocycles. The molecule has 1 aliphatic rings. The molecule has 1 fully saturated rings. The van der Waals surface area contributed by atoms with Gasteiger partial charge in [0.15, 0.2) is 0 Å². The van der Waals surface area contributed by atoms with Crippen molar-refractivity contribution in [1.82, 2.24) is 4.98 Å². The molecule has 1 aliphatic carbocycles. The van der Waals surface area contributed by atoms with Crippen LogP contribution in [0.1, 0.15) is 35.3 Å². The fraction of sp³-hybridized carbons (Fsp3) is 0.267. The summed E-state index contributed by atoms with van der Waals surface area (Å²) in [5.74, 6) is -1.06. The maximum Gasteiger partial charge on any atom is 0.338 e. The Labute approximate surface area is 154 Å². The fourth-order valence-electron chi connectivity index (χ4n) is 2.84. The van der Waals surface area contributed by atoms with E-state index >= 15 is 0 Å². The van der Waals surface area contributed by atoms with Crippen LogP contribution in [0.4, 0.5) is 0 Å². The Hall–Kier alpha value is -0.910. The van der Waals surface area contributed by atoms with Crippen LogP contribution in [0.5, 0.6) is 0 Å². The molecule has 0 unspecified atom stereocenters. The Morgan fingerprint density at radius 2 is 1.78 bits per heavy atom. The average Bonchev–Trinajstić information content (AvgIpc) is 2.79. The topological polar surface area (TPSA) is 79.1 Å². The van der Waals surface area contributed by atoms with Gasteiger partial charge in [0.25, 0.3) is 0 Å². The quantitative estimate of drug-likeness (QED) is 0.676. The van der Waals surface area contributed by atoms with Gasteiger partial charge in [0, 0.05) is 22.3 Å². The lowest BCUT2D eigenvalue weighted by Crippen LogP contribution is -2.44. The molecular formula is C15H14Cl4N2O2. The van der Waals surface area contributed by atoms with Crippen LogP contribution in [0.15, 0.2) is 18.3 Å². The van der Waals surface area contributed by atoms with Gasteiger partial charge in [0.1, 0.15) is 0 Å². The molecule has 0 amide bonds. The molecule has 8 heteroatoms. The minimum absolute atomic E-state index is 0.